The van der Waals surface area contributed by atoms with Gasteiger partial charge in [-0.05, 0) is 42.9 Å². The Hall–Kier alpha value is -0.610. The third kappa shape index (κ3) is 7.53. The molecule has 0 aliphatic heterocycles. The Morgan fingerprint density at radius 1 is 1.16 bits per heavy atom. The highest BCUT2D eigenvalue weighted by molar-refractivity contribution is 6.30. The molecule has 0 saturated carbocycles. The number of halogens is 1. The summed E-state index contributed by atoms with van der Waals surface area (Å²) in [4.78, 5) is 0. The topological polar surface area (TPSA) is 38.7 Å². The molecule has 0 aromatic heterocycles. The lowest BCUT2D eigenvalue weighted by Crippen LogP contribution is -2.13. The van der Waals surface area contributed by atoms with Crippen molar-refractivity contribution in [3.63, 3.8) is 0 Å². The van der Waals surface area contributed by atoms with E-state index < -0.39 is 0 Å². The SMILES string of the molecule is COCCCOCCC(CO)Cc1ccc(Cl)cc1. The van der Waals surface area contributed by atoms with E-state index in [0.717, 1.165) is 30.9 Å². The van der Waals surface area contributed by atoms with Crippen LogP contribution in [0, 0.1) is 5.92 Å². The fourth-order valence-corrected chi connectivity index (χ4v) is 2.00. The fraction of sp³-hybridized carbons (Fsp3) is 0.600. The zero-order chi connectivity index (χ0) is 13.9. The van der Waals surface area contributed by atoms with Crippen LogP contribution in [-0.2, 0) is 15.9 Å². The van der Waals surface area contributed by atoms with Gasteiger partial charge in [-0.3, -0.25) is 0 Å². The van der Waals surface area contributed by atoms with Crippen molar-refractivity contribution in [3.05, 3.63) is 34.9 Å². The lowest BCUT2D eigenvalue weighted by Gasteiger charge is -2.14. The first-order valence-electron chi connectivity index (χ1n) is 6.68. The number of hydrogen-bond donors (Lipinski definition) is 1. The minimum atomic E-state index is 0.185. The number of methoxy groups -OCH3 is 1. The van der Waals surface area contributed by atoms with Gasteiger partial charge in [0.2, 0.25) is 0 Å². The Balaban J connectivity index is 2.20. The largest absolute Gasteiger partial charge is 0.396 e. The van der Waals surface area contributed by atoms with E-state index in [1.807, 2.05) is 24.3 Å². The van der Waals surface area contributed by atoms with Crippen molar-refractivity contribution in [3.8, 4) is 0 Å². The number of benzene rings is 1. The van der Waals surface area contributed by atoms with Gasteiger partial charge >= 0.3 is 0 Å². The molecule has 0 saturated heterocycles. The van der Waals surface area contributed by atoms with Crippen molar-refractivity contribution in [1.29, 1.82) is 0 Å². The van der Waals surface area contributed by atoms with Crippen LogP contribution < -0.4 is 0 Å². The number of hydrogen-bond acceptors (Lipinski definition) is 3. The molecule has 1 aromatic rings. The molecule has 19 heavy (non-hydrogen) atoms. The second-order valence-electron chi connectivity index (χ2n) is 4.63. The highest BCUT2D eigenvalue weighted by atomic mass is 35.5. The molecule has 1 atom stereocenters. The Kier molecular flexibility index (Phi) is 8.84. The molecule has 108 valence electrons. The summed E-state index contributed by atoms with van der Waals surface area (Å²) in [5.74, 6) is 0.239. The molecule has 0 aliphatic carbocycles. The predicted octanol–water partition coefficient (Wildman–Crippen LogP) is 2.93. The van der Waals surface area contributed by atoms with E-state index in [2.05, 4.69) is 0 Å². The molecule has 1 rings (SSSR count). The van der Waals surface area contributed by atoms with Crippen LogP contribution in [0.15, 0.2) is 24.3 Å². The van der Waals surface area contributed by atoms with E-state index in [-0.39, 0.29) is 12.5 Å². The van der Waals surface area contributed by atoms with Crippen LogP contribution in [0.1, 0.15) is 18.4 Å². The number of aliphatic hydroxyl groups excluding tert-OH is 1. The van der Waals surface area contributed by atoms with Crippen LogP contribution in [0.2, 0.25) is 5.02 Å². The molecule has 4 heteroatoms. The maximum atomic E-state index is 9.38. The van der Waals surface area contributed by atoms with E-state index >= 15 is 0 Å². The van der Waals surface area contributed by atoms with Gasteiger partial charge in [-0.15, -0.1) is 0 Å². The third-order valence-electron chi connectivity index (χ3n) is 3.00. The summed E-state index contributed by atoms with van der Waals surface area (Å²) in [6, 6.07) is 7.77. The summed E-state index contributed by atoms with van der Waals surface area (Å²) in [7, 11) is 1.69. The summed E-state index contributed by atoms with van der Waals surface area (Å²) in [5.41, 5.74) is 1.20. The van der Waals surface area contributed by atoms with E-state index in [9.17, 15) is 5.11 Å². The summed E-state index contributed by atoms with van der Waals surface area (Å²) in [6.45, 7) is 2.31. The standard InChI is InChI=1S/C15H23ClO3/c1-18-8-2-9-19-10-7-14(12-17)11-13-3-5-15(16)6-4-13/h3-6,14,17H,2,7-12H2,1H3. The molecule has 0 fully saturated rings. The third-order valence-corrected chi connectivity index (χ3v) is 3.26. The summed E-state index contributed by atoms with van der Waals surface area (Å²) in [6.07, 6.45) is 2.64. The van der Waals surface area contributed by atoms with E-state index in [1.54, 1.807) is 7.11 Å². The highest BCUT2D eigenvalue weighted by Gasteiger charge is 2.08. The first-order valence-corrected chi connectivity index (χ1v) is 7.06. The Bertz CT molecular complexity index is 327. The van der Waals surface area contributed by atoms with Crippen LogP contribution in [0.3, 0.4) is 0 Å². The lowest BCUT2D eigenvalue weighted by molar-refractivity contribution is 0.0857. The van der Waals surface area contributed by atoms with E-state index in [0.29, 0.717) is 13.2 Å². The monoisotopic (exact) mass is 286 g/mol. The zero-order valence-corrected chi connectivity index (χ0v) is 12.2. The Morgan fingerprint density at radius 3 is 2.53 bits per heavy atom. The van der Waals surface area contributed by atoms with Crippen LogP contribution in [0.25, 0.3) is 0 Å². The molecule has 0 spiro atoms. The number of rotatable bonds is 10. The minimum Gasteiger partial charge on any atom is -0.396 e. The van der Waals surface area contributed by atoms with Gasteiger partial charge in [-0.1, -0.05) is 23.7 Å². The van der Waals surface area contributed by atoms with Gasteiger partial charge in [0.1, 0.15) is 0 Å². The average Bonchev–Trinajstić information content (AvgIpc) is 2.43. The first kappa shape index (κ1) is 16.4. The predicted molar refractivity (Wildman–Crippen MR) is 77.7 cm³/mol. The quantitative estimate of drug-likeness (QED) is 0.672. The smallest absolute Gasteiger partial charge is 0.0487 e. The maximum Gasteiger partial charge on any atom is 0.0487 e. The molecule has 0 bridgehead atoms. The second kappa shape index (κ2) is 10.2. The average molecular weight is 287 g/mol. The molecular weight excluding hydrogens is 264 g/mol. The molecule has 0 amide bonds. The van der Waals surface area contributed by atoms with E-state index in [4.69, 9.17) is 21.1 Å². The van der Waals surface area contributed by atoms with Crippen LogP contribution in [0.5, 0.6) is 0 Å². The van der Waals surface area contributed by atoms with Crippen molar-refractivity contribution in [2.45, 2.75) is 19.3 Å². The van der Waals surface area contributed by atoms with Crippen molar-refractivity contribution >= 4 is 11.6 Å². The molecule has 1 aromatic carbocycles. The molecule has 0 radical (unpaired) electrons. The van der Waals surface area contributed by atoms with Crippen molar-refractivity contribution < 1.29 is 14.6 Å². The van der Waals surface area contributed by atoms with Gasteiger partial charge in [0.15, 0.2) is 0 Å². The second-order valence-corrected chi connectivity index (χ2v) is 5.06. The van der Waals surface area contributed by atoms with Gasteiger partial charge in [0, 0.05) is 38.6 Å². The maximum absolute atomic E-state index is 9.38. The van der Waals surface area contributed by atoms with Crippen LogP contribution in [-0.4, -0.2) is 38.6 Å². The number of aliphatic hydroxyl groups is 1. The first-order chi connectivity index (χ1) is 9.26. The van der Waals surface area contributed by atoms with Gasteiger partial charge in [-0.25, -0.2) is 0 Å². The molecule has 1 unspecified atom stereocenters. The van der Waals surface area contributed by atoms with Crippen LogP contribution >= 0.6 is 11.6 Å². The van der Waals surface area contributed by atoms with Crippen molar-refractivity contribution in [2.75, 3.05) is 33.5 Å². The molecule has 0 heterocycles. The number of ether oxygens (including phenoxy) is 2. The fourth-order valence-electron chi connectivity index (χ4n) is 1.87. The Labute approximate surface area is 120 Å². The van der Waals surface area contributed by atoms with Gasteiger partial charge in [-0.2, -0.15) is 0 Å². The lowest BCUT2D eigenvalue weighted by atomic mass is 9.97. The summed E-state index contributed by atoms with van der Waals surface area (Å²) >= 11 is 5.85. The van der Waals surface area contributed by atoms with Crippen molar-refractivity contribution in [2.24, 2.45) is 5.92 Å². The molecule has 3 nitrogen and oxygen atoms in total. The highest BCUT2D eigenvalue weighted by Crippen LogP contribution is 2.15. The molecule has 0 aliphatic rings. The zero-order valence-electron chi connectivity index (χ0n) is 11.5. The summed E-state index contributed by atoms with van der Waals surface area (Å²) < 4.78 is 10.5. The Morgan fingerprint density at radius 2 is 1.89 bits per heavy atom. The molecule has 1 N–H and O–H groups in total. The normalized spacial score (nSPS) is 12.6. The van der Waals surface area contributed by atoms with Crippen molar-refractivity contribution in [1.82, 2.24) is 0 Å². The van der Waals surface area contributed by atoms with Crippen LogP contribution in [0.4, 0.5) is 0 Å². The molecular formula is C15H23ClO3. The van der Waals surface area contributed by atoms with Gasteiger partial charge in [0.25, 0.3) is 0 Å². The summed E-state index contributed by atoms with van der Waals surface area (Å²) in [5, 5.41) is 10.1. The minimum absolute atomic E-state index is 0.185. The van der Waals surface area contributed by atoms with E-state index in [1.165, 1.54) is 5.56 Å². The van der Waals surface area contributed by atoms with Gasteiger partial charge in [0.05, 0.1) is 0 Å². The van der Waals surface area contributed by atoms with Gasteiger partial charge < -0.3 is 14.6 Å².